The van der Waals surface area contributed by atoms with Gasteiger partial charge in [-0.1, -0.05) is 13.8 Å². The third kappa shape index (κ3) is 1.89. The first-order chi connectivity index (χ1) is 6.05. The van der Waals surface area contributed by atoms with E-state index in [9.17, 15) is 0 Å². The SMILES string of the molecule is CCC(C)(OC)C1C(C)CNC1C. The van der Waals surface area contributed by atoms with Crippen LogP contribution in [0.1, 0.15) is 34.1 Å². The minimum absolute atomic E-state index is 0.0440. The van der Waals surface area contributed by atoms with Gasteiger partial charge in [-0.3, -0.25) is 0 Å². The van der Waals surface area contributed by atoms with Crippen LogP contribution in [0.4, 0.5) is 0 Å². The summed E-state index contributed by atoms with van der Waals surface area (Å²) < 4.78 is 5.67. The molecule has 1 aliphatic heterocycles. The Morgan fingerprint density at radius 1 is 1.46 bits per heavy atom. The van der Waals surface area contributed by atoms with Crippen LogP contribution in [0, 0.1) is 11.8 Å². The molecule has 78 valence electrons. The molecule has 1 fully saturated rings. The van der Waals surface area contributed by atoms with Crippen molar-refractivity contribution in [1.82, 2.24) is 5.32 Å². The van der Waals surface area contributed by atoms with Gasteiger partial charge in [0.1, 0.15) is 0 Å². The number of hydrogen-bond acceptors (Lipinski definition) is 2. The Labute approximate surface area is 82.0 Å². The number of methoxy groups -OCH3 is 1. The van der Waals surface area contributed by atoms with Gasteiger partial charge in [-0.2, -0.15) is 0 Å². The van der Waals surface area contributed by atoms with E-state index < -0.39 is 0 Å². The van der Waals surface area contributed by atoms with Crippen molar-refractivity contribution in [2.75, 3.05) is 13.7 Å². The Balaban J connectivity index is 2.77. The summed E-state index contributed by atoms with van der Waals surface area (Å²) in [6, 6.07) is 0.583. The molecule has 0 amide bonds. The number of rotatable bonds is 3. The van der Waals surface area contributed by atoms with E-state index >= 15 is 0 Å². The van der Waals surface area contributed by atoms with Gasteiger partial charge < -0.3 is 10.1 Å². The molecule has 0 spiro atoms. The van der Waals surface area contributed by atoms with Crippen LogP contribution in [0.2, 0.25) is 0 Å². The predicted octanol–water partition coefficient (Wildman–Crippen LogP) is 2.05. The first-order valence-corrected chi connectivity index (χ1v) is 5.33. The molecule has 1 aliphatic rings. The molecule has 2 heteroatoms. The first-order valence-electron chi connectivity index (χ1n) is 5.33. The zero-order valence-corrected chi connectivity index (χ0v) is 9.55. The normalized spacial score (nSPS) is 39.0. The third-order valence-electron chi connectivity index (χ3n) is 3.79. The van der Waals surface area contributed by atoms with Crippen molar-refractivity contribution in [2.45, 2.75) is 45.8 Å². The van der Waals surface area contributed by atoms with E-state index in [1.165, 1.54) is 0 Å². The van der Waals surface area contributed by atoms with Crippen LogP contribution < -0.4 is 5.32 Å². The number of hydrogen-bond donors (Lipinski definition) is 1. The van der Waals surface area contributed by atoms with Crippen molar-refractivity contribution in [3.8, 4) is 0 Å². The molecule has 0 saturated carbocycles. The average molecular weight is 185 g/mol. The van der Waals surface area contributed by atoms with E-state index in [2.05, 4.69) is 33.0 Å². The Morgan fingerprint density at radius 3 is 2.38 bits per heavy atom. The Bertz CT molecular complexity index is 155. The van der Waals surface area contributed by atoms with Gasteiger partial charge in [-0.15, -0.1) is 0 Å². The summed E-state index contributed by atoms with van der Waals surface area (Å²) in [5.74, 6) is 1.36. The van der Waals surface area contributed by atoms with Crippen LogP contribution in [0.15, 0.2) is 0 Å². The van der Waals surface area contributed by atoms with Gasteiger partial charge in [0.05, 0.1) is 5.60 Å². The van der Waals surface area contributed by atoms with Gasteiger partial charge in [-0.25, -0.2) is 0 Å². The molecule has 0 radical (unpaired) electrons. The van der Waals surface area contributed by atoms with Gasteiger partial charge >= 0.3 is 0 Å². The average Bonchev–Trinajstić information content (AvgIpc) is 2.46. The van der Waals surface area contributed by atoms with Crippen LogP contribution in [0.5, 0.6) is 0 Å². The van der Waals surface area contributed by atoms with Crippen LogP contribution in [-0.2, 0) is 4.74 Å². The van der Waals surface area contributed by atoms with Crippen LogP contribution in [-0.4, -0.2) is 25.3 Å². The summed E-state index contributed by atoms with van der Waals surface area (Å²) in [5.41, 5.74) is 0.0440. The molecular formula is C11H23NO. The van der Waals surface area contributed by atoms with E-state index in [0.717, 1.165) is 18.9 Å². The summed E-state index contributed by atoms with van der Waals surface area (Å²) in [6.45, 7) is 10.2. The monoisotopic (exact) mass is 185 g/mol. The molecule has 0 aromatic rings. The van der Waals surface area contributed by atoms with Crippen molar-refractivity contribution >= 4 is 0 Å². The van der Waals surface area contributed by atoms with Gasteiger partial charge in [0.15, 0.2) is 0 Å². The molecule has 1 rings (SSSR count). The third-order valence-corrected chi connectivity index (χ3v) is 3.79. The van der Waals surface area contributed by atoms with Crippen molar-refractivity contribution in [3.05, 3.63) is 0 Å². The quantitative estimate of drug-likeness (QED) is 0.726. The molecule has 4 unspecified atom stereocenters. The van der Waals surface area contributed by atoms with Gasteiger partial charge in [-0.05, 0) is 32.7 Å². The maximum absolute atomic E-state index is 5.67. The van der Waals surface area contributed by atoms with E-state index in [4.69, 9.17) is 4.74 Å². The molecule has 4 atom stereocenters. The lowest BCUT2D eigenvalue weighted by Crippen LogP contribution is -2.43. The first kappa shape index (κ1) is 11.0. The topological polar surface area (TPSA) is 21.3 Å². The van der Waals surface area contributed by atoms with Crippen molar-refractivity contribution < 1.29 is 4.74 Å². The van der Waals surface area contributed by atoms with Gasteiger partial charge in [0, 0.05) is 19.1 Å². The molecule has 2 nitrogen and oxygen atoms in total. The fraction of sp³-hybridized carbons (Fsp3) is 1.00. The highest BCUT2D eigenvalue weighted by molar-refractivity contribution is 4.96. The summed E-state index contributed by atoms with van der Waals surface area (Å²) in [6.07, 6.45) is 1.09. The molecule has 13 heavy (non-hydrogen) atoms. The Kier molecular flexibility index (Phi) is 3.36. The van der Waals surface area contributed by atoms with E-state index in [0.29, 0.717) is 12.0 Å². The molecule has 0 aromatic heterocycles. The van der Waals surface area contributed by atoms with Crippen LogP contribution >= 0.6 is 0 Å². The van der Waals surface area contributed by atoms with E-state index in [1.807, 2.05) is 7.11 Å². The molecular weight excluding hydrogens is 162 g/mol. The molecule has 0 aromatic carbocycles. The second-order valence-corrected chi connectivity index (χ2v) is 4.57. The lowest BCUT2D eigenvalue weighted by atomic mass is 9.77. The lowest BCUT2D eigenvalue weighted by molar-refractivity contribution is -0.0601. The molecule has 0 aliphatic carbocycles. The molecule has 1 heterocycles. The summed E-state index contributed by atoms with van der Waals surface area (Å²) in [7, 11) is 1.83. The predicted molar refractivity (Wildman–Crippen MR) is 55.8 cm³/mol. The molecule has 1 N–H and O–H groups in total. The minimum Gasteiger partial charge on any atom is -0.378 e. The summed E-state index contributed by atoms with van der Waals surface area (Å²) in [5, 5.41) is 3.51. The van der Waals surface area contributed by atoms with Crippen molar-refractivity contribution in [2.24, 2.45) is 11.8 Å². The zero-order chi connectivity index (χ0) is 10.1. The highest BCUT2D eigenvalue weighted by Gasteiger charge is 2.43. The van der Waals surface area contributed by atoms with Gasteiger partial charge in [0.2, 0.25) is 0 Å². The maximum Gasteiger partial charge on any atom is 0.0693 e. The number of nitrogens with one attached hydrogen (secondary N) is 1. The largest absolute Gasteiger partial charge is 0.378 e. The molecule has 0 bridgehead atoms. The fourth-order valence-electron chi connectivity index (χ4n) is 2.77. The van der Waals surface area contributed by atoms with E-state index in [-0.39, 0.29) is 5.60 Å². The Morgan fingerprint density at radius 2 is 2.08 bits per heavy atom. The fourth-order valence-corrected chi connectivity index (χ4v) is 2.77. The Hall–Kier alpha value is -0.0800. The lowest BCUT2D eigenvalue weighted by Gasteiger charge is -2.38. The molecule has 1 saturated heterocycles. The highest BCUT2D eigenvalue weighted by atomic mass is 16.5. The highest BCUT2D eigenvalue weighted by Crippen LogP contribution is 2.36. The second-order valence-electron chi connectivity index (χ2n) is 4.57. The van der Waals surface area contributed by atoms with Crippen molar-refractivity contribution in [1.29, 1.82) is 0 Å². The number of ether oxygens (including phenoxy) is 1. The summed E-state index contributed by atoms with van der Waals surface area (Å²) >= 11 is 0. The smallest absolute Gasteiger partial charge is 0.0693 e. The minimum atomic E-state index is 0.0440. The maximum atomic E-state index is 5.67. The van der Waals surface area contributed by atoms with Crippen LogP contribution in [0.25, 0.3) is 0 Å². The zero-order valence-electron chi connectivity index (χ0n) is 9.55. The second kappa shape index (κ2) is 3.97. The van der Waals surface area contributed by atoms with E-state index in [1.54, 1.807) is 0 Å². The summed E-state index contributed by atoms with van der Waals surface area (Å²) in [4.78, 5) is 0. The van der Waals surface area contributed by atoms with Crippen LogP contribution in [0.3, 0.4) is 0 Å². The van der Waals surface area contributed by atoms with Gasteiger partial charge in [0.25, 0.3) is 0 Å². The standard InChI is InChI=1S/C11H23NO/c1-6-11(4,13-5)10-8(2)7-12-9(10)3/h8-10,12H,6-7H2,1-5H3. The van der Waals surface area contributed by atoms with Crippen molar-refractivity contribution in [3.63, 3.8) is 0 Å².